The number of aromatic nitrogens is 2. The van der Waals surface area contributed by atoms with E-state index < -0.39 is 0 Å². The van der Waals surface area contributed by atoms with Gasteiger partial charge in [-0.25, -0.2) is 4.68 Å². The number of hydrogen-bond acceptors (Lipinski definition) is 3. The first kappa shape index (κ1) is 12.3. The molecule has 0 aliphatic carbocycles. The number of halogens is 1. The molecule has 1 aromatic heterocycles. The van der Waals surface area contributed by atoms with Gasteiger partial charge >= 0.3 is 0 Å². The topological polar surface area (TPSA) is 58.7 Å². The molecule has 2 aromatic rings. The summed E-state index contributed by atoms with van der Waals surface area (Å²) in [5, 5.41) is 13.5. The fourth-order valence-electron chi connectivity index (χ4n) is 1.60. The average Bonchev–Trinajstić information content (AvgIpc) is 2.33. The van der Waals surface area contributed by atoms with Gasteiger partial charge in [0, 0.05) is 16.8 Å². The van der Waals surface area contributed by atoms with Crippen LogP contribution in [0.2, 0.25) is 5.02 Å². The van der Waals surface area contributed by atoms with Crippen LogP contribution in [-0.2, 0) is 0 Å². The highest BCUT2D eigenvalue weighted by Gasteiger charge is 2.07. The van der Waals surface area contributed by atoms with Crippen LogP contribution in [0.1, 0.15) is 17.0 Å². The van der Waals surface area contributed by atoms with Crippen molar-refractivity contribution >= 4 is 11.6 Å². The molecule has 0 unspecified atom stereocenters. The van der Waals surface area contributed by atoms with E-state index in [-0.39, 0.29) is 11.1 Å². The Bertz CT molecular complexity index is 713. The Hall–Kier alpha value is -2.12. The number of nitriles is 1. The summed E-state index contributed by atoms with van der Waals surface area (Å²) >= 11 is 6.05. The lowest BCUT2D eigenvalue weighted by atomic mass is 10.2. The Morgan fingerprint density at radius 1 is 1.33 bits per heavy atom. The second kappa shape index (κ2) is 4.63. The van der Waals surface area contributed by atoms with Crippen LogP contribution in [0.25, 0.3) is 5.69 Å². The molecule has 5 heteroatoms. The third kappa shape index (κ3) is 2.13. The third-order valence-corrected chi connectivity index (χ3v) is 3.02. The van der Waals surface area contributed by atoms with Gasteiger partial charge in [-0.3, -0.25) is 4.79 Å². The van der Waals surface area contributed by atoms with Crippen LogP contribution >= 0.6 is 11.6 Å². The molecule has 0 bridgehead atoms. The lowest BCUT2D eigenvalue weighted by Gasteiger charge is -2.10. The lowest BCUT2D eigenvalue weighted by Crippen LogP contribution is -2.16. The maximum Gasteiger partial charge on any atom is 0.218 e. The van der Waals surface area contributed by atoms with Crippen LogP contribution in [0.4, 0.5) is 0 Å². The average molecular weight is 260 g/mol. The number of nitrogens with zero attached hydrogens (tertiary/aromatic N) is 3. The minimum Gasteiger partial charge on any atom is -0.287 e. The van der Waals surface area contributed by atoms with Crippen molar-refractivity contribution in [2.24, 2.45) is 0 Å². The second-order valence-corrected chi connectivity index (χ2v) is 4.36. The largest absolute Gasteiger partial charge is 0.287 e. The molecular formula is C13H10ClN3O. The molecule has 0 saturated heterocycles. The highest BCUT2D eigenvalue weighted by atomic mass is 35.5. The van der Waals surface area contributed by atoms with E-state index in [9.17, 15) is 4.79 Å². The zero-order chi connectivity index (χ0) is 13.3. The third-order valence-electron chi connectivity index (χ3n) is 2.61. The Morgan fingerprint density at radius 2 is 2.06 bits per heavy atom. The van der Waals surface area contributed by atoms with Crippen molar-refractivity contribution in [1.82, 2.24) is 9.78 Å². The van der Waals surface area contributed by atoms with Crippen LogP contribution in [0.5, 0.6) is 0 Å². The van der Waals surface area contributed by atoms with Gasteiger partial charge in [0.2, 0.25) is 11.1 Å². The number of aryl methyl sites for hydroxylation is 2. The van der Waals surface area contributed by atoms with Crippen LogP contribution in [0.3, 0.4) is 0 Å². The fraction of sp³-hybridized carbons (Fsp3) is 0.154. The monoisotopic (exact) mass is 259 g/mol. The van der Waals surface area contributed by atoms with E-state index in [0.717, 1.165) is 11.3 Å². The molecule has 2 rings (SSSR count). The maximum absolute atomic E-state index is 11.5. The summed E-state index contributed by atoms with van der Waals surface area (Å²) in [6, 6.07) is 8.63. The van der Waals surface area contributed by atoms with Gasteiger partial charge in [0.1, 0.15) is 6.07 Å². The van der Waals surface area contributed by atoms with Crippen LogP contribution in [0.15, 0.2) is 29.1 Å². The number of rotatable bonds is 1. The number of hydrogen-bond donors (Lipinski definition) is 0. The summed E-state index contributed by atoms with van der Waals surface area (Å²) in [6.45, 7) is 3.65. The van der Waals surface area contributed by atoms with Gasteiger partial charge in [0.05, 0.1) is 5.69 Å². The van der Waals surface area contributed by atoms with Crippen molar-refractivity contribution in [3.05, 3.63) is 56.5 Å². The molecule has 4 nitrogen and oxygen atoms in total. The van der Waals surface area contributed by atoms with Gasteiger partial charge in [-0.2, -0.15) is 10.4 Å². The molecule has 0 atom stereocenters. The highest BCUT2D eigenvalue weighted by molar-refractivity contribution is 6.31. The summed E-state index contributed by atoms with van der Waals surface area (Å²) in [7, 11) is 0. The molecule has 0 aliphatic heterocycles. The molecule has 90 valence electrons. The molecule has 0 N–H and O–H groups in total. The van der Waals surface area contributed by atoms with Crippen molar-refractivity contribution in [3.8, 4) is 11.8 Å². The van der Waals surface area contributed by atoms with Gasteiger partial charge in [-0.05, 0) is 31.5 Å². The van der Waals surface area contributed by atoms with E-state index in [2.05, 4.69) is 5.10 Å². The van der Waals surface area contributed by atoms with Gasteiger partial charge < -0.3 is 0 Å². The smallest absolute Gasteiger partial charge is 0.218 e. The summed E-state index contributed by atoms with van der Waals surface area (Å²) in [5.74, 6) is 0. The van der Waals surface area contributed by atoms with E-state index in [1.165, 1.54) is 10.7 Å². The van der Waals surface area contributed by atoms with Gasteiger partial charge in [0.25, 0.3) is 0 Å². The second-order valence-electron chi connectivity index (χ2n) is 3.96. The van der Waals surface area contributed by atoms with Gasteiger partial charge in [-0.15, -0.1) is 0 Å². The Labute approximate surface area is 109 Å². The minimum absolute atomic E-state index is 0.128. The quantitative estimate of drug-likeness (QED) is 0.790. The maximum atomic E-state index is 11.5. The molecule has 0 aliphatic rings. The zero-order valence-electron chi connectivity index (χ0n) is 9.94. The van der Waals surface area contributed by atoms with E-state index in [0.29, 0.717) is 10.7 Å². The summed E-state index contributed by atoms with van der Waals surface area (Å²) in [6.07, 6.45) is 0. The Balaban J connectivity index is 2.67. The molecule has 0 amide bonds. The van der Waals surface area contributed by atoms with E-state index in [1.807, 2.05) is 19.1 Å². The first-order valence-electron chi connectivity index (χ1n) is 5.30. The molecular weight excluding hydrogens is 250 g/mol. The zero-order valence-corrected chi connectivity index (χ0v) is 10.7. The lowest BCUT2D eigenvalue weighted by molar-refractivity contribution is 0.790. The Kier molecular flexibility index (Phi) is 3.17. The molecule has 18 heavy (non-hydrogen) atoms. The van der Waals surface area contributed by atoms with E-state index in [4.69, 9.17) is 16.9 Å². The van der Waals surface area contributed by atoms with Gasteiger partial charge in [-0.1, -0.05) is 17.7 Å². The standard InChI is InChI=1S/C13H10ClN3O/c1-8-3-4-10(6-11(8)14)17-9(2)5-13(18)12(7-15)16-17/h3-6H,1-2H3. The van der Waals surface area contributed by atoms with Gasteiger partial charge in [0.15, 0.2) is 0 Å². The summed E-state index contributed by atoms with van der Waals surface area (Å²) < 4.78 is 1.53. The molecule has 1 aromatic carbocycles. The minimum atomic E-state index is -0.371. The predicted octanol–water partition coefficient (Wildman–Crippen LogP) is 2.37. The van der Waals surface area contributed by atoms with E-state index in [1.54, 1.807) is 19.1 Å². The molecule has 0 spiro atoms. The Morgan fingerprint density at radius 3 is 2.67 bits per heavy atom. The van der Waals surface area contributed by atoms with Crippen LogP contribution in [0, 0.1) is 25.2 Å². The SMILES string of the molecule is Cc1ccc(-n2nc(C#N)c(=O)cc2C)cc1Cl. The molecule has 0 fully saturated rings. The first-order valence-corrected chi connectivity index (χ1v) is 5.68. The van der Waals surface area contributed by atoms with Crippen LogP contribution < -0.4 is 5.43 Å². The summed E-state index contributed by atoms with van der Waals surface area (Å²) in [5.41, 5.74) is 1.83. The van der Waals surface area contributed by atoms with Crippen LogP contribution in [-0.4, -0.2) is 9.78 Å². The summed E-state index contributed by atoms with van der Waals surface area (Å²) in [4.78, 5) is 11.5. The van der Waals surface area contributed by atoms with Crippen molar-refractivity contribution in [2.75, 3.05) is 0 Å². The predicted molar refractivity (Wildman–Crippen MR) is 69.0 cm³/mol. The van der Waals surface area contributed by atoms with Crippen molar-refractivity contribution < 1.29 is 0 Å². The fourth-order valence-corrected chi connectivity index (χ4v) is 1.77. The highest BCUT2D eigenvalue weighted by Crippen LogP contribution is 2.19. The van der Waals surface area contributed by atoms with Crippen molar-refractivity contribution in [2.45, 2.75) is 13.8 Å². The molecule has 1 heterocycles. The van der Waals surface area contributed by atoms with E-state index >= 15 is 0 Å². The van der Waals surface area contributed by atoms with Crippen molar-refractivity contribution in [1.29, 1.82) is 5.26 Å². The van der Waals surface area contributed by atoms with Crippen molar-refractivity contribution in [3.63, 3.8) is 0 Å². The number of benzene rings is 1. The normalized spacial score (nSPS) is 10.1. The molecule has 0 radical (unpaired) electrons. The molecule has 0 saturated carbocycles. The first-order chi connectivity index (χ1) is 8.52.